The van der Waals surface area contributed by atoms with Crippen molar-refractivity contribution in [2.75, 3.05) is 19.0 Å². The molecule has 1 saturated carbocycles. The van der Waals surface area contributed by atoms with E-state index in [1.54, 1.807) is 0 Å². The molecule has 2 aliphatic carbocycles. The molecular formula is C19H29N3O. The highest BCUT2D eigenvalue weighted by Crippen LogP contribution is 2.28. The number of fused-ring (bicyclic) bond motifs is 1. The third kappa shape index (κ3) is 4.25. The second-order valence-electron chi connectivity index (χ2n) is 6.88. The number of guanidine groups is 1. The fourth-order valence-electron chi connectivity index (χ4n) is 3.85. The SMILES string of the molecule is COC1CCC(CN=C(N)Nc2cccc3c2CCCC3)CC1. The second kappa shape index (κ2) is 7.82. The van der Waals surface area contributed by atoms with Gasteiger partial charge in [-0.15, -0.1) is 0 Å². The Hall–Kier alpha value is -1.55. The van der Waals surface area contributed by atoms with E-state index >= 15 is 0 Å². The van der Waals surface area contributed by atoms with Gasteiger partial charge in [-0.2, -0.15) is 0 Å². The van der Waals surface area contributed by atoms with E-state index in [0.29, 0.717) is 18.0 Å². The summed E-state index contributed by atoms with van der Waals surface area (Å²) in [4.78, 5) is 4.59. The molecule has 3 N–H and O–H groups in total. The van der Waals surface area contributed by atoms with E-state index in [1.807, 2.05) is 7.11 Å². The smallest absolute Gasteiger partial charge is 0.193 e. The summed E-state index contributed by atoms with van der Waals surface area (Å²) in [5.41, 5.74) is 10.2. The Morgan fingerprint density at radius 3 is 2.78 bits per heavy atom. The van der Waals surface area contributed by atoms with Gasteiger partial charge in [0.1, 0.15) is 0 Å². The predicted molar refractivity (Wildman–Crippen MR) is 96.0 cm³/mol. The molecule has 0 aromatic heterocycles. The van der Waals surface area contributed by atoms with Crippen LogP contribution in [-0.2, 0) is 17.6 Å². The van der Waals surface area contributed by atoms with E-state index in [0.717, 1.165) is 31.5 Å². The highest BCUT2D eigenvalue weighted by Gasteiger charge is 2.20. The monoisotopic (exact) mass is 315 g/mol. The number of hydrogen-bond donors (Lipinski definition) is 2. The minimum absolute atomic E-state index is 0.446. The van der Waals surface area contributed by atoms with Crippen molar-refractivity contribution < 1.29 is 4.74 Å². The van der Waals surface area contributed by atoms with Crippen molar-refractivity contribution in [2.24, 2.45) is 16.6 Å². The second-order valence-corrected chi connectivity index (χ2v) is 6.88. The summed E-state index contributed by atoms with van der Waals surface area (Å²) in [5, 5.41) is 3.33. The largest absolute Gasteiger partial charge is 0.381 e. The summed E-state index contributed by atoms with van der Waals surface area (Å²) in [6.45, 7) is 0.824. The van der Waals surface area contributed by atoms with Gasteiger partial charge in [-0.25, -0.2) is 0 Å². The van der Waals surface area contributed by atoms with Crippen LogP contribution in [0.3, 0.4) is 0 Å². The Bertz CT molecular complexity index is 548. The molecule has 0 bridgehead atoms. The maximum atomic E-state index is 6.12. The molecule has 0 unspecified atom stereocenters. The first-order chi connectivity index (χ1) is 11.3. The number of ether oxygens (including phenoxy) is 1. The number of rotatable bonds is 4. The Balaban J connectivity index is 1.56. The number of methoxy groups -OCH3 is 1. The highest BCUT2D eigenvalue weighted by molar-refractivity contribution is 5.93. The molecule has 23 heavy (non-hydrogen) atoms. The summed E-state index contributed by atoms with van der Waals surface area (Å²) in [6.07, 6.45) is 10.0. The summed E-state index contributed by atoms with van der Waals surface area (Å²) >= 11 is 0. The fraction of sp³-hybridized carbons (Fsp3) is 0.632. The van der Waals surface area contributed by atoms with Crippen molar-refractivity contribution in [3.63, 3.8) is 0 Å². The Morgan fingerprint density at radius 1 is 1.22 bits per heavy atom. The van der Waals surface area contributed by atoms with Gasteiger partial charge in [-0.05, 0) is 74.5 Å². The quantitative estimate of drug-likeness (QED) is 0.660. The topological polar surface area (TPSA) is 59.6 Å². The number of benzene rings is 1. The third-order valence-corrected chi connectivity index (χ3v) is 5.31. The third-order valence-electron chi connectivity index (χ3n) is 5.31. The van der Waals surface area contributed by atoms with Crippen LogP contribution in [0.1, 0.15) is 49.7 Å². The lowest BCUT2D eigenvalue weighted by atomic mass is 9.87. The first kappa shape index (κ1) is 16.3. The van der Waals surface area contributed by atoms with Crippen LogP contribution in [0.25, 0.3) is 0 Å². The van der Waals surface area contributed by atoms with Crippen LogP contribution in [0.4, 0.5) is 5.69 Å². The average molecular weight is 315 g/mol. The molecule has 3 rings (SSSR count). The zero-order valence-electron chi connectivity index (χ0n) is 14.2. The summed E-state index contributed by atoms with van der Waals surface area (Å²) in [7, 11) is 1.81. The molecule has 0 aliphatic heterocycles. The maximum absolute atomic E-state index is 6.12. The van der Waals surface area contributed by atoms with Crippen LogP contribution in [0, 0.1) is 5.92 Å². The molecule has 0 amide bonds. The van der Waals surface area contributed by atoms with Gasteiger partial charge >= 0.3 is 0 Å². The molecular weight excluding hydrogens is 286 g/mol. The number of nitrogens with one attached hydrogen (secondary N) is 1. The molecule has 0 heterocycles. The molecule has 4 heteroatoms. The molecule has 1 aromatic carbocycles. The Kier molecular flexibility index (Phi) is 5.55. The van der Waals surface area contributed by atoms with Crippen molar-refractivity contribution in [3.8, 4) is 0 Å². The van der Waals surface area contributed by atoms with Gasteiger partial charge in [-0.3, -0.25) is 4.99 Å². The van der Waals surface area contributed by atoms with Crippen LogP contribution in [-0.4, -0.2) is 25.7 Å². The molecule has 1 fully saturated rings. The average Bonchev–Trinajstić information content (AvgIpc) is 2.61. The van der Waals surface area contributed by atoms with E-state index in [-0.39, 0.29) is 0 Å². The zero-order valence-corrected chi connectivity index (χ0v) is 14.2. The molecule has 2 aliphatic rings. The fourth-order valence-corrected chi connectivity index (χ4v) is 3.85. The van der Waals surface area contributed by atoms with Crippen molar-refractivity contribution >= 4 is 11.6 Å². The van der Waals surface area contributed by atoms with Gasteiger partial charge < -0.3 is 15.8 Å². The van der Waals surface area contributed by atoms with Gasteiger partial charge in [0.15, 0.2) is 5.96 Å². The maximum Gasteiger partial charge on any atom is 0.193 e. The first-order valence-electron chi connectivity index (χ1n) is 8.96. The Morgan fingerprint density at radius 2 is 2.00 bits per heavy atom. The van der Waals surface area contributed by atoms with Crippen molar-refractivity contribution in [1.29, 1.82) is 0 Å². The van der Waals surface area contributed by atoms with Gasteiger partial charge in [0.05, 0.1) is 6.10 Å². The van der Waals surface area contributed by atoms with E-state index in [1.165, 1.54) is 43.2 Å². The van der Waals surface area contributed by atoms with Crippen molar-refractivity contribution in [1.82, 2.24) is 0 Å². The normalized spacial score (nSPS) is 25.0. The van der Waals surface area contributed by atoms with Gasteiger partial charge in [0, 0.05) is 19.3 Å². The summed E-state index contributed by atoms with van der Waals surface area (Å²) in [5.74, 6) is 1.20. The highest BCUT2D eigenvalue weighted by atomic mass is 16.5. The van der Waals surface area contributed by atoms with Gasteiger partial charge in [0.2, 0.25) is 0 Å². The molecule has 0 atom stereocenters. The number of nitrogens with zero attached hydrogens (tertiary/aromatic N) is 1. The molecule has 4 nitrogen and oxygen atoms in total. The standard InChI is InChI=1S/C19H29N3O/c1-23-16-11-9-14(10-12-16)13-21-19(20)22-18-8-4-6-15-5-2-3-7-17(15)18/h4,6,8,14,16H,2-3,5,7,9-13H2,1H3,(H3,20,21,22). The lowest BCUT2D eigenvalue weighted by molar-refractivity contribution is 0.0581. The van der Waals surface area contributed by atoms with E-state index < -0.39 is 0 Å². The van der Waals surface area contributed by atoms with Gasteiger partial charge in [-0.1, -0.05) is 12.1 Å². The van der Waals surface area contributed by atoms with Crippen LogP contribution >= 0.6 is 0 Å². The molecule has 1 aromatic rings. The lowest BCUT2D eigenvalue weighted by Gasteiger charge is -2.26. The summed E-state index contributed by atoms with van der Waals surface area (Å²) in [6, 6.07) is 6.48. The van der Waals surface area contributed by atoms with Crippen LogP contribution in [0.15, 0.2) is 23.2 Å². The first-order valence-corrected chi connectivity index (χ1v) is 8.96. The molecule has 0 spiro atoms. The number of aliphatic imine (C=N–C) groups is 1. The van der Waals surface area contributed by atoms with Crippen molar-refractivity contribution in [3.05, 3.63) is 29.3 Å². The number of hydrogen-bond acceptors (Lipinski definition) is 2. The number of aryl methyl sites for hydroxylation is 1. The molecule has 126 valence electrons. The van der Waals surface area contributed by atoms with Crippen LogP contribution < -0.4 is 11.1 Å². The minimum atomic E-state index is 0.446. The molecule has 0 saturated heterocycles. The lowest BCUT2D eigenvalue weighted by Crippen LogP contribution is -2.26. The Labute approximate surface area is 139 Å². The van der Waals surface area contributed by atoms with E-state index in [9.17, 15) is 0 Å². The van der Waals surface area contributed by atoms with E-state index in [2.05, 4.69) is 28.5 Å². The number of anilines is 1. The van der Waals surface area contributed by atoms with Crippen molar-refractivity contribution in [2.45, 2.75) is 57.5 Å². The van der Waals surface area contributed by atoms with E-state index in [4.69, 9.17) is 10.5 Å². The molecule has 0 radical (unpaired) electrons. The zero-order chi connectivity index (χ0) is 16.1. The summed E-state index contributed by atoms with van der Waals surface area (Å²) < 4.78 is 5.42. The van der Waals surface area contributed by atoms with Crippen LogP contribution in [0.5, 0.6) is 0 Å². The number of nitrogens with two attached hydrogens (primary N) is 1. The van der Waals surface area contributed by atoms with Crippen LogP contribution in [0.2, 0.25) is 0 Å². The minimum Gasteiger partial charge on any atom is -0.381 e. The van der Waals surface area contributed by atoms with Gasteiger partial charge in [0.25, 0.3) is 0 Å². The predicted octanol–water partition coefficient (Wildman–Crippen LogP) is 3.50.